The van der Waals surface area contributed by atoms with Crippen molar-refractivity contribution in [2.75, 3.05) is 5.32 Å². The minimum atomic E-state index is -1.05. The molecular formula is C19H18ClN3O4S. The normalized spacial score (nSPS) is 10.7. The van der Waals surface area contributed by atoms with Crippen LogP contribution in [0.15, 0.2) is 72.0 Å². The molecule has 0 heterocycles. The molecule has 0 atom stereocenters. The van der Waals surface area contributed by atoms with E-state index in [0.29, 0.717) is 22.2 Å². The predicted octanol–water partition coefficient (Wildman–Crippen LogP) is 4.56. The number of carboxylic acid groups (broad SMARTS) is 1. The van der Waals surface area contributed by atoms with Gasteiger partial charge in [0.25, 0.3) is 0 Å². The summed E-state index contributed by atoms with van der Waals surface area (Å²) in [7, 11) is 0. The van der Waals surface area contributed by atoms with Gasteiger partial charge in [0.2, 0.25) is 0 Å². The molecule has 0 radical (unpaired) electrons. The number of anilines is 1. The van der Waals surface area contributed by atoms with E-state index in [1.165, 1.54) is 5.41 Å². The predicted molar refractivity (Wildman–Crippen MR) is 112 cm³/mol. The number of para-hydroxylation sites is 3. The third kappa shape index (κ3) is 6.57. The Morgan fingerprint density at radius 3 is 2.39 bits per heavy atom. The number of nitrogens with one attached hydrogen (secondary N) is 3. The number of hydrogen-bond donors (Lipinski definition) is 5. The van der Waals surface area contributed by atoms with Crippen molar-refractivity contribution in [3.05, 3.63) is 77.1 Å². The number of ether oxygens (including phenoxy) is 1. The fourth-order valence-electron chi connectivity index (χ4n) is 2.11. The maximum atomic E-state index is 12.2. The van der Waals surface area contributed by atoms with Crippen LogP contribution in [0.25, 0.3) is 0 Å². The van der Waals surface area contributed by atoms with Crippen LogP contribution in [-0.2, 0) is 4.79 Å². The second kappa shape index (κ2) is 10.3. The molecule has 146 valence electrons. The minimum absolute atomic E-state index is 0.0866. The number of amides is 2. The van der Waals surface area contributed by atoms with Gasteiger partial charge < -0.3 is 20.5 Å². The number of hydrogen-bond acceptors (Lipinski definition) is 5. The van der Waals surface area contributed by atoms with Crippen molar-refractivity contribution >= 4 is 41.9 Å². The smallest absolute Gasteiger partial charge is 0.324 e. The summed E-state index contributed by atoms with van der Waals surface area (Å²) in [4.78, 5) is 23.0. The minimum Gasteiger partial charge on any atom is -0.481 e. The fourth-order valence-corrected chi connectivity index (χ4v) is 2.44. The van der Waals surface area contributed by atoms with Crippen LogP contribution in [0.1, 0.15) is 6.42 Å². The second-order valence-electron chi connectivity index (χ2n) is 5.44. The summed E-state index contributed by atoms with van der Waals surface area (Å²) in [5.74, 6) is -0.118. The van der Waals surface area contributed by atoms with E-state index in [4.69, 9.17) is 21.4 Å². The molecule has 0 saturated carbocycles. The molecule has 0 spiro atoms. The molecule has 28 heavy (non-hydrogen) atoms. The van der Waals surface area contributed by atoms with Crippen molar-refractivity contribution < 1.29 is 19.4 Å². The summed E-state index contributed by atoms with van der Waals surface area (Å²) in [6.07, 6.45) is -0.291. The molecule has 7 nitrogen and oxygen atoms in total. The van der Waals surface area contributed by atoms with Crippen LogP contribution in [-0.4, -0.2) is 17.1 Å². The molecule has 4 N–H and O–H groups in total. The number of thiol groups is 1. The van der Waals surface area contributed by atoms with Gasteiger partial charge in [-0.25, -0.2) is 4.79 Å². The first-order valence-electron chi connectivity index (χ1n) is 7.99. The Bertz CT molecular complexity index is 918. The lowest BCUT2D eigenvalue weighted by Crippen LogP contribution is -2.34. The number of rotatable bonds is 8. The van der Waals surface area contributed by atoms with E-state index in [1.54, 1.807) is 48.5 Å². The van der Waals surface area contributed by atoms with Crippen LogP contribution >= 0.6 is 24.2 Å². The molecule has 0 unspecified atom stereocenters. The topological polar surface area (TPSA) is 99.7 Å². The molecule has 9 heteroatoms. The van der Waals surface area contributed by atoms with Gasteiger partial charge >= 0.3 is 12.0 Å². The van der Waals surface area contributed by atoms with Crippen LogP contribution in [0.2, 0.25) is 5.02 Å². The number of benzene rings is 2. The van der Waals surface area contributed by atoms with Crippen LogP contribution in [0.4, 0.5) is 10.5 Å². The summed E-state index contributed by atoms with van der Waals surface area (Å²) in [5.41, 5.74) is 0.673. The highest BCUT2D eigenvalue weighted by molar-refractivity contribution is 7.83. The SMILES string of the molecule is C=C(NC(=O)Nc1ccccc1Oc1ccccc1Cl)N/C(=C\S)CC(=O)O. The van der Waals surface area contributed by atoms with Crippen LogP contribution < -0.4 is 20.7 Å². The summed E-state index contributed by atoms with van der Waals surface area (Å²) in [5, 5.41) is 18.3. The molecule has 2 rings (SSSR count). The molecule has 2 amide bonds. The van der Waals surface area contributed by atoms with E-state index in [1.807, 2.05) is 0 Å². The van der Waals surface area contributed by atoms with E-state index in [2.05, 4.69) is 35.2 Å². The van der Waals surface area contributed by atoms with E-state index < -0.39 is 12.0 Å². The lowest BCUT2D eigenvalue weighted by Gasteiger charge is -2.15. The highest BCUT2D eigenvalue weighted by Gasteiger charge is 2.11. The Hall–Kier alpha value is -3.10. The van der Waals surface area contributed by atoms with Crippen molar-refractivity contribution in [3.63, 3.8) is 0 Å². The summed E-state index contributed by atoms with van der Waals surface area (Å²) in [6, 6.07) is 13.2. The molecular weight excluding hydrogens is 402 g/mol. The van der Waals surface area contributed by atoms with E-state index in [-0.39, 0.29) is 17.9 Å². The maximum absolute atomic E-state index is 12.2. The van der Waals surface area contributed by atoms with Crippen LogP contribution in [0.5, 0.6) is 11.5 Å². The number of carbonyl (C=O) groups is 2. The molecule has 0 aliphatic carbocycles. The van der Waals surface area contributed by atoms with Crippen LogP contribution in [0, 0.1) is 0 Å². The van der Waals surface area contributed by atoms with Gasteiger partial charge in [0, 0.05) is 5.70 Å². The third-order valence-corrected chi connectivity index (χ3v) is 3.89. The van der Waals surface area contributed by atoms with Crippen LogP contribution in [0.3, 0.4) is 0 Å². The lowest BCUT2D eigenvalue weighted by molar-refractivity contribution is -0.136. The van der Waals surface area contributed by atoms with Gasteiger partial charge in [-0.3, -0.25) is 10.1 Å². The van der Waals surface area contributed by atoms with E-state index in [9.17, 15) is 9.59 Å². The Morgan fingerprint density at radius 2 is 1.75 bits per heavy atom. The average Bonchev–Trinajstić information content (AvgIpc) is 2.64. The van der Waals surface area contributed by atoms with Gasteiger partial charge in [0.05, 0.1) is 17.1 Å². The first-order valence-corrected chi connectivity index (χ1v) is 8.89. The zero-order valence-electron chi connectivity index (χ0n) is 14.6. The number of urea groups is 1. The molecule has 0 bridgehead atoms. The van der Waals surface area contributed by atoms with Gasteiger partial charge in [0.1, 0.15) is 11.6 Å². The van der Waals surface area contributed by atoms with Gasteiger partial charge in [0.15, 0.2) is 5.75 Å². The highest BCUT2D eigenvalue weighted by Crippen LogP contribution is 2.33. The number of carbonyl (C=O) groups excluding carboxylic acids is 1. The first kappa shape index (κ1) is 21.2. The summed E-state index contributed by atoms with van der Waals surface area (Å²) < 4.78 is 5.77. The molecule has 0 aliphatic heterocycles. The van der Waals surface area contributed by atoms with E-state index >= 15 is 0 Å². The molecule has 2 aromatic rings. The number of carboxylic acids is 1. The molecule has 2 aromatic carbocycles. The summed E-state index contributed by atoms with van der Waals surface area (Å²) >= 11 is 10.0. The monoisotopic (exact) mass is 419 g/mol. The Morgan fingerprint density at radius 1 is 1.11 bits per heavy atom. The van der Waals surface area contributed by atoms with Crippen molar-refractivity contribution in [1.29, 1.82) is 0 Å². The first-order chi connectivity index (χ1) is 13.4. The Labute approximate surface area is 172 Å². The number of aliphatic carboxylic acids is 1. The highest BCUT2D eigenvalue weighted by atomic mass is 35.5. The zero-order valence-corrected chi connectivity index (χ0v) is 16.3. The van der Waals surface area contributed by atoms with Gasteiger partial charge in [-0.15, -0.1) is 12.6 Å². The molecule has 0 aliphatic rings. The van der Waals surface area contributed by atoms with Crippen molar-refractivity contribution in [3.8, 4) is 11.5 Å². The quantitative estimate of drug-likeness (QED) is 0.404. The van der Waals surface area contributed by atoms with E-state index in [0.717, 1.165) is 0 Å². The fraction of sp³-hybridized carbons (Fsp3) is 0.0526. The van der Waals surface area contributed by atoms with Crippen molar-refractivity contribution in [1.82, 2.24) is 10.6 Å². The number of halogens is 1. The molecule has 0 fully saturated rings. The Balaban J connectivity index is 2.01. The average molecular weight is 420 g/mol. The zero-order chi connectivity index (χ0) is 20.5. The maximum Gasteiger partial charge on any atom is 0.324 e. The van der Waals surface area contributed by atoms with Gasteiger partial charge in [-0.2, -0.15) is 0 Å². The van der Waals surface area contributed by atoms with Crippen molar-refractivity contribution in [2.45, 2.75) is 6.42 Å². The second-order valence-corrected chi connectivity index (χ2v) is 6.10. The largest absolute Gasteiger partial charge is 0.481 e. The molecule has 0 aromatic heterocycles. The van der Waals surface area contributed by atoms with Gasteiger partial charge in [-0.1, -0.05) is 42.4 Å². The lowest BCUT2D eigenvalue weighted by atomic mass is 10.3. The summed E-state index contributed by atoms with van der Waals surface area (Å²) in [6.45, 7) is 3.63. The molecule has 0 saturated heterocycles. The van der Waals surface area contributed by atoms with Crippen molar-refractivity contribution in [2.24, 2.45) is 0 Å². The standard InChI is InChI=1S/C19H18ClN3O4S/c1-12(21-13(11-28)10-18(24)25)22-19(26)23-15-7-3-5-9-17(15)27-16-8-4-2-6-14(16)20/h2-9,11,21,28H,1,10H2,(H,24,25)(H2,22,23,26)/b13-11-. The van der Waals surface area contributed by atoms with Gasteiger partial charge in [-0.05, 0) is 29.7 Å². The Kier molecular flexibility index (Phi) is 7.79. The third-order valence-electron chi connectivity index (χ3n) is 3.27.